The summed E-state index contributed by atoms with van der Waals surface area (Å²) in [6.45, 7) is 1.72. The molecule has 3 rings (SSSR count). The molecule has 23 heavy (non-hydrogen) atoms. The smallest absolute Gasteiger partial charge is 0.321 e. The van der Waals surface area contributed by atoms with Crippen LogP contribution in [0.25, 0.3) is 0 Å². The van der Waals surface area contributed by atoms with Crippen LogP contribution in [0.3, 0.4) is 0 Å². The van der Waals surface area contributed by atoms with Crippen molar-refractivity contribution in [2.75, 3.05) is 0 Å². The molecular weight excluding hydrogens is 316 g/mol. The van der Waals surface area contributed by atoms with Crippen LogP contribution in [0, 0.1) is 0 Å². The number of amides is 3. The van der Waals surface area contributed by atoms with Crippen molar-refractivity contribution in [3.05, 3.63) is 5.89 Å². The number of imide groups is 1. The number of urea groups is 1. The zero-order chi connectivity index (χ0) is 16.2. The predicted molar refractivity (Wildman–Crippen MR) is 85.1 cm³/mol. The average Bonchev–Trinajstić information content (AvgIpc) is 3.28. The summed E-state index contributed by atoms with van der Waals surface area (Å²) in [7, 11) is 0. The molecule has 2 fully saturated rings. The van der Waals surface area contributed by atoms with Crippen LogP contribution in [-0.4, -0.2) is 33.4 Å². The van der Waals surface area contributed by atoms with Gasteiger partial charge in [-0.25, -0.2) is 4.79 Å². The van der Waals surface area contributed by atoms with Gasteiger partial charge in [-0.1, -0.05) is 31.0 Å². The second kappa shape index (κ2) is 7.33. The fourth-order valence-electron chi connectivity index (χ4n) is 2.65. The largest absolute Gasteiger partial charge is 0.416 e. The highest BCUT2D eigenvalue weighted by molar-refractivity contribution is 8.00. The van der Waals surface area contributed by atoms with Crippen molar-refractivity contribution in [1.82, 2.24) is 20.8 Å². The molecule has 2 saturated carbocycles. The van der Waals surface area contributed by atoms with E-state index in [-0.39, 0.29) is 11.9 Å². The average molecular weight is 338 g/mol. The molecule has 126 valence electrons. The normalized spacial score (nSPS) is 20.0. The van der Waals surface area contributed by atoms with Gasteiger partial charge >= 0.3 is 6.03 Å². The van der Waals surface area contributed by atoms with E-state index in [4.69, 9.17) is 4.42 Å². The molecule has 0 spiro atoms. The Morgan fingerprint density at radius 1 is 1.17 bits per heavy atom. The van der Waals surface area contributed by atoms with E-state index in [1.165, 1.54) is 18.2 Å². The van der Waals surface area contributed by atoms with Gasteiger partial charge in [-0.05, 0) is 32.6 Å². The summed E-state index contributed by atoms with van der Waals surface area (Å²) >= 11 is 1.17. The number of rotatable bonds is 5. The van der Waals surface area contributed by atoms with E-state index in [2.05, 4.69) is 20.8 Å². The van der Waals surface area contributed by atoms with E-state index in [0.717, 1.165) is 38.5 Å². The second-order valence-corrected chi connectivity index (χ2v) is 7.53. The Morgan fingerprint density at radius 3 is 2.61 bits per heavy atom. The van der Waals surface area contributed by atoms with Crippen LogP contribution < -0.4 is 10.6 Å². The van der Waals surface area contributed by atoms with Gasteiger partial charge in [0, 0.05) is 12.0 Å². The molecule has 1 aromatic heterocycles. The number of nitrogens with one attached hydrogen (secondary N) is 2. The van der Waals surface area contributed by atoms with E-state index < -0.39 is 11.3 Å². The van der Waals surface area contributed by atoms with Gasteiger partial charge in [-0.2, -0.15) is 0 Å². The lowest BCUT2D eigenvalue weighted by atomic mass is 9.96. The lowest BCUT2D eigenvalue weighted by Gasteiger charge is -2.22. The summed E-state index contributed by atoms with van der Waals surface area (Å²) in [6.07, 6.45) is 7.62. The minimum atomic E-state index is -0.473. The van der Waals surface area contributed by atoms with Gasteiger partial charge in [0.05, 0.1) is 5.25 Å². The van der Waals surface area contributed by atoms with Gasteiger partial charge in [-0.3, -0.25) is 10.1 Å². The SMILES string of the molecule is C[C@H](Sc1nnc(C2CC2)o1)C(=O)NC(=O)NC1CCCCC1. The summed E-state index contributed by atoms with van der Waals surface area (Å²) < 4.78 is 5.52. The Labute approximate surface area is 139 Å². The predicted octanol–water partition coefficient (Wildman–Crippen LogP) is 2.59. The molecule has 0 aliphatic heterocycles. The number of hydrogen-bond acceptors (Lipinski definition) is 6. The van der Waals surface area contributed by atoms with Crippen molar-refractivity contribution in [1.29, 1.82) is 0 Å². The molecule has 8 heteroatoms. The van der Waals surface area contributed by atoms with Crippen molar-refractivity contribution >= 4 is 23.7 Å². The zero-order valence-corrected chi connectivity index (χ0v) is 14.0. The number of thioether (sulfide) groups is 1. The molecule has 2 aliphatic rings. The van der Waals surface area contributed by atoms with Gasteiger partial charge in [0.15, 0.2) is 0 Å². The van der Waals surface area contributed by atoms with Crippen LogP contribution in [0.2, 0.25) is 0 Å². The van der Waals surface area contributed by atoms with Crippen LogP contribution in [0.5, 0.6) is 0 Å². The summed E-state index contributed by atoms with van der Waals surface area (Å²) in [4.78, 5) is 23.9. The topological polar surface area (TPSA) is 97.1 Å². The van der Waals surface area contributed by atoms with E-state index in [1.54, 1.807) is 6.92 Å². The summed E-state index contributed by atoms with van der Waals surface area (Å²) in [5.74, 6) is 0.687. The van der Waals surface area contributed by atoms with Crippen LogP contribution in [0.15, 0.2) is 9.64 Å². The fourth-order valence-corrected chi connectivity index (χ4v) is 3.34. The lowest BCUT2D eigenvalue weighted by molar-refractivity contribution is -0.119. The minimum absolute atomic E-state index is 0.177. The monoisotopic (exact) mass is 338 g/mol. The summed E-state index contributed by atoms with van der Waals surface area (Å²) in [5.41, 5.74) is 0. The molecule has 2 aliphatic carbocycles. The molecule has 0 saturated heterocycles. The molecule has 1 aromatic rings. The number of nitrogens with zero attached hydrogens (tertiary/aromatic N) is 2. The maximum Gasteiger partial charge on any atom is 0.321 e. The standard InChI is InChI=1S/C15H22N4O3S/c1-9(23-15-19-18-13(22-15)10-7-8-10)12(20)17-14(21)16-11-5-3-2-4-6-11/h9-11H,2-8H2,1H3,(H2,16,17,20,21)/t9-/m0/s1. The molecule has 0 unspecified atom stereocenters. The van der Waals surface area contributed by atoms with Crippen molar-refractivity contribution < 1.29 is 14.0 Å². The molecular formula is C15H22N4O3S. The molecule has 2 N–H and O–H groups in total. The first kappa shape index (κ1) is 16.3. The number of carbonyl (C=O) groups excluding carboxylic acids is 2. The third-order valence-electron chi connectivity index (χ3n) is 4.17. The molecule has 7 nitrogen and oxygen atoms in total. The number of aromatic nitrogens is 2. The quantitative estimate of drug-likeness (QED) is 0.801. The highest BCUT2D eigenvalue weighted by Gasteiger charge is 2.30. The lowest BCUT2D eigenvalue weighted by Crippen LogP contribution is -2.47. The minimum Gasteiger partial charge on any atom is -0.416 e. The van der Waals surface area contributed by atoms with E-state index in [0.29, 0.717) is 17.0 Å². The second-order valence-electron chi connectivity index (χ2n) is 6.24. The zero-order valence-electron chi connectivity index (χ0n) is 13.2. The van der Waals surface area contributed by atoms with Crippen LogP contribution in [0.1, 0.15) is 63.7 Å². The Balaban J connectivity index is 1.43. The third-order valence-corrected chi connectivity index (χ3v) is 5.11. The van der Waals surface area contributed by atoms with Gasteiger partial charge in [0.25, 0.3) is 5.22 Å². The molecule has 1 atom stereocenters. The van der Waals surface area contributed by atoms with Gasteiger partial charge < -0.3 is 9.73 Å². The maximum absolute atomic E-state index is 12.1. The van der Waals surface area contributed by atoms with Gasteiger partial charge in [0.1, 0.15) is 0 Å². The Hall–Kier alpha value is -1.57. The highest BCUT2D eigenvalue weighted by atomic mass is 32.2. The first-order valence-corrected chi connectivity index (χ1v) is 9.11. The first-order chi connectivity index (χ1) is 11.1. The van der Waals surface area contributed by atoms with Crippen LogP contribution in [0.4, 0.5) is 4.79 Å². The van der Waals surface area contributed by atoms with Crippen molar-refractivity contribution in [3.63, 3.8) is 0 Å². The van der Waals surface area contributed by atoms with Gasteiger partial charge in [0.2, 0.25) is 11.8 Å². The van der Waals surface area contributed by atoms with E-state index in [1.807, 2.05) is 0 Å². The van der Waals surface area contributed by atoms with E-state index >= 15 is 0 Å². The summed E-state index contributed by atoms with van der Waals surface area (Å²) in [5, 5.41) is 13.1. The van der Waals surface area contributed by atoms with Crippen LogP contribution >= 0.6 is 11.8 Å². The fraction of sp³-hybridized carbons (Fsp3) is 0.733. The van der Waals surface area contributed by atoms with Crippen LogP contribution in [-0.2, 0) is 4.79 Å². The molecule has 1 heterocycles. The number of hydrogen-bond donors (Lipinski definition) is 2. The van der Waals surface area contributed by atoms with Crippen molar-refractivity contribution in [2.45, 2.75) is 74.3 Å². The first-order valence-electron chi connectivity index (χ1n) is 8.23. The highest BCUT2D eigenvalue weighted by Crippen LogP contribution is 2.40. The van der Waals surface area contributed by atoms with Crippen molar-refractivity contribution in [3.8, 4) is 0 Å². The Morgan fingerprint density at radius 2 is 1.91 bits per heavy atom. The molecule has 3 amide bonds. The molecule has 0 radical (unpaired) electrons. The van der Waals surface area contributed by atoms with Gasteiger partial charge in [-0.15, -0.1) is 10.2 Å². The number of carbonyl (C=O) groups is 2. The van der Waals surface area contributed by atoms with Crippen molar-refractivity contribution in [2.24, 2.45) is 0 Å². The molecule has 0 bridgehead atoms. The van der Waals surface area contributed by atoms with E-state index in [9.17, 15) is 9.59 Å². The third kappa shape index (κ3) is 4.70. The maximum atomic E-state index is 12.1. The Bertz CT molecular complexity index is 567. The summed E-state index contributed by atoms with van der Waals surface area (Å²) in [6, 6.07) is -0.241. The molecule has 0 aromatic carbocycles. The Kier molecular flexibility index (Phi) is 5.20.